The summed E-state index contributed by atoms with van der Waals surface area (Å²) in [5.74, 6) is -0.509. The lowest BCUT2D eigenvalue weighted by molar-refractivity contribution is -0.151. The van der Waals surface area contributed by atoms with Crippen LogP contribution in [0, 0.1) is 0 Å². The molecular formula is C58H103NO5. The minimum absolute atomic E-state index is 0.0550. The Hall–Kier alpha value is -2.70. The maximum absolute atomic E-state index is 13.2. The second-order valence-electron chi connectivity index (χ2n) is 18.2. The molecule has 0 radical (unpaired) electrons. The molecule has 0 heterocycles. The Balaban J connectivity index is 4.61. The first kappa shape index (κ1) is 61.3. The van der Waals surface area contributed by atoms with Gasteiger partial charge in [-0.1, -0.05) is 229 Å². The third-order valence-electron chi connectivity index (χ3n) is 12.0. The van der Waals surface area contributed by atoms with Gasteiger partial charge >= 0.3 is 5.97 Å². The van der Waals surface area contributed by atoms with Gasteiger partial charge in [0.25, 0.3) is 0 Å². The van der Waals surface area contributed by atoms with Crippen LogP contribution in [0.2, 0.25) is 0 Å². The molecule has 0 saturated carbocycles. The molecule has 0 fully saturated rings. The van der Waals surface area contributed by atoms with Crippen LogP contribution in [0.15, 0.2) is 72.9 Å². The molecule has 0 aliphatic heterocycles. The second kappa shape index (κ2) is 51.3. The molecule has 3 atom stereocenters. The smallest absolute Gasteiger partial charge is 0.306 e. The lowest BCUT2D eigenvalue weighted by Gasteiger charge is -2.24. The van der Waals surface area contributed by atoms with Crippen molar-refractivity contribution < 1.29 is 24.5 Å². The zero-order chi connectivity index (χ0) is 46.7. The fourth-order valence-corrected chi connectivity index (χ4v) is 7.99. The number of aliphatic hydroxyl groups is 2. The van der Waals surface area contributed by atoms with E-state index in [4.69, 9.17) is 4.74 Å². The monoisotopic (exact) mass is 894 g/mol. The van der Waals surface area contributed by atoms with Gasteiger partial charge < -0.3 is 20.3 Å². The first-order valence-corrected chi connectivity index (χ1v) is 27.2. The summed E-state index contributed by atoms with van der Waals surface area (Å²) in [6.45, 7) is 6.26. The maximum Gasteiger partial charge on any atom is 0.306 e. The highest BCUT2D eigenvalue weighted by Crippen LogP contribution is 2.18. The first-order valence-electron chi connectivity index (χ1n) is 27.2. The van der Waals surface area contributed by atoms with Gasteiger partial charge in [-0.3, -0.25) is 9.59 Å². The number of allylic oxidation sites excluding steroid dienone is 12. The minimum atomic E-state index is -0.799. The summed E-state index contributed by atoms with van der Waals surface area (Å²) in [5.41, 5.74) is 0. The van der Waals surface area contributed by atoms with Gasteiger partial charge in [0.05, 0.1) is 25.2 Å². The molecule has 0 rings (SSSR count). The van der Waals surface area contributed by atoms with Crippen LogP contribution >= 0.6 is 0 Å². The molecule has 0 bridgehead atoms. The highest BCUT2D eigenvalue weighted by molar-refractivity contribution is 5.77. The Morgan fingerprint density at radius 2 is 0.844 bits per heavy atom. The normalized spacial score (nSPS) is 13.8. The van der Waals surface area contributed by atoms with E-state index in [9.17, 15) is 19.8 Å². The van der Waals surface area contributed by atoms with Crippen molar-refractivity contribution in [2.45, 2.75) is 277 Å². The van der Waals surface area contributed by atoms with Crippen molar-refractivity contribution >= 4 is 11.9 Å². The van der Waals surface area contributed by atoms with Crippen molar-refractivity contribution in [1.29, 1.82) is 0 Å². The summed E-state index contributed by atoms with van der Waals surface area (Å²) >= 11 is 0. The van der Waals surface area contributed by atoms with E-state index in [2.05, 4.69) is 99.0 Å². The number of nitrogens with one attached hydrogen (secondary N) is 1. The molecule has 0 aliphatic rings. The average Bonchev–Trinajstić information content (AvgIpc) is 3.29. The van der Waals surface area contributed by atoms with Crippen LogP contribution in [0.4, 0.5) is 0 Å². The van der Waals surface area contributed by atoms with E-state index in [0.29, 0.717) is 19.3 Å². The Bertz CT molecular complexity index is 1190. The lowest BCUT2D eigenvalue weighted by atomic mass is 10.0. The van der Waals surface area contributed by atoms with Gasteiger partial charge in [-0.15, -0.1) is 0 Å². The molecule has 6 heteroatoms. The van der Waals surface area contributed by atoms with E-state index in [0.717, 1.165) is 116 Å². The van der Waals surface area contributed by atoms with E-state index in [1.54, 1.807) is 0 Å². The number of carbonyl (C=O) groups is 2. The van der Waals surface area contributed by atoms with Crippen LogP contribution in [0.3, 0.4) is 0 Å². The molecular weight excluding hydrogens is 791 g/mol. The summed E-state index contributed by atoms with van der Waals surface area (Å²) < 4.78 is 5.93. The molecule has 6 nitrogen and oxygen atoms in total. The van der Waals surface area contributed by atoms with Crippen molar-refractivity contribution in [2.24, 2.45) is 0 Å². The van der Waals surface area contributed by atoms with Gasteiger partial charge in [0.15, 0.2) is 0 Å². The summed E-state index contributed by atoms with van der Waals surface area (Å²) in [6, 6.07) is -0.715. The first-order chi connectivity index (χ1) is 31.5. The van der Waals surface area contributed by atoms with Crippen LogP contribution in [0.25, 0.3) is 0 Å². The zero-order valence-electron chi connectivity index (χ0n) is 42.1. The van der Waals surface area contributed by atoms with Crippen molar-refractivity contribution in [3.8, 4) is 0 Å². The van der Waals surface area contributed by atoms with Crippen molar-refractivity contribution in [3.63, 3.8) is 0 Å². The fraction of sp³-hybridized carbons (Fsp3) is 0.759. The number of ether oxygens (including phenoxy) is 1. The van der Waals surface area contributed by atoms with Crippen molar-refractivity contribution in [1.82, 2.24) is 5.32 Å². The van der Waals surface area contributed by atoms with Gasteiger partial charge in [-0.05, 0) is 89.9 Å². The van der Waals surface area contributed by atoms with Crippen LogP contribution in [-0.2, 0) is 14.3 Å². The van der Waals surface area contributed by atoms with Gasteiger partial charge in [-0.2, -0.15) is 0 Å². The topological polar surface area (TPSA) is 95.9 Å². The standard InChI is InChI=1S/C58H103NO5/c1-4-7-10-13-16-19-22-25-28-30-33-36-39-42-45-48-51-58(63)64-54(49-46-43-40-37-34-31-27-24-21-18-15-12-9-6-3)52-57(62)59-55(53-60)56(61)50-47-44-41-38-35-32-29-26-23-20-17-14-11-8-5-2/h7,9-10,12,16,18-19,21,25,27-28,31,54-56,60-61H,4-6,8,11,13-15,17,20,22-24,26,29-30,32-53H2,1-3H3,(H,59,62)/b10-7+,12-9+,19-16+,21-18+,28-25+,31-27+. The fourth-order valence-electron chi connectivity index (χ4n) is 7.99. The number of aliphatic hydroxyl groups excluding tert-OH is 2. The second-order valence-corrected chi connectivity index (χ2v) is 18.2. The number of unbranched alkanes of at least 4 members (excludes halogenated alkanes) is 24. The largest absolute Gasteiger partial charge is 0.462 e. The van der Waals surface area contributed by atoms with E-state index < -0.39 is 18.2 Å². The van der Waals surface area contributed by atoms with E-state index in [1.165, 1.54) is 96.3 Å². The van der Waals surface area contributed by atoms with E-state index in [1.807, 2.05) is 0 Å². The number of rotatable bonds is 48. The minimum Gasteiger partial charge on any atom is -0.462 e. The molecule has 3 unspecified atom stereocenters. The Morgan fingerprint density at radius 3 is 1.28 bits per heavy atom. The predicted molar refractivity (Wildman–Crippen MR) is 278 cm³/mol. The van der Waals surface area contributed by atoms with Crippen molar-refractivity contribution in [3.05, 3.63) is 72.9 Å². The molecule has 0 aromatic rings. The quantitative estimate of drug-likeness (QED) is 0.0321. The van der Waals surface area contributed by atoms with Crippen molar-refractivity contribution in [2.75, 3.05) is 6.61 Å². The summed E-state index contributed by atoms with van der Waals surface area (Å²) in [5, 5.41) is 23.8. The molecule has 0 saturated heterocycles. The van der Waals surface area contributed by atoms with Crippen LogP contribution in [0.5, 0.6) is 0 Å². The van der Waals surface area contributed by atoms with Gasteiger partial charge in [0, 0.05) is 6.42 Å². The van der Waals surface area contributed by atoms with Gasteiger partial charge in [0.2, 0.25) is 5.91 Å². The van der Waals surface area contributed by atoms with Crippen LogP contribution in [-0.4, -0.2) is 46.9 Å². The third-order valence-corrected chi connectivity index (χ3v) is 12.0. The Kier molecular flexibility index (Phi) is 49.1. The molecule has 64 heavy (non-hydrogen) atoms. The predicted octanol–water partition coefficient (Wildman–Crippen LogP) is 16.6. The molecule has 1 amide bonds. The van der Waals surface area contributed by atoms with Gasteiger partial charge in [-0.25, -0.2) is 0 Å². The maximum atomic E-state index is 13.2. The summed E-state index contributed by atoms with van der Waals surface area (Å²) in [4.78, 5) is 26.2. The van der Waals surface area contributed by atoms with E-state index >= 15 is 0 Å². The highest BCUT2D eigenvalue weighted by atomic mass is 16.5. The molecule has 3 N–H and O–H groups in total. The van der Waals surface area contributed by atoms with Crippen LogP contribution in [0.1, 0.15) is 258 Å². The molecule has 0 aliphatic carbocycles. The number of amides is 1. The number of hydrogen-bond donors (Lipinski definition) is 3. The Labute approximate surface area is 396 Å². The average molecular weight is 894 g/mol. The highest BCUT2D eigenvalue weighted by Gasteiger charge is 2.24. The number of hydrogen-bond acceptors (Lipinski definition) is 5. The molecule has 0 aromatic carbocycles. The SMILES string of the molecule is CC/C=C/C/C=C/C/C=C/CCCCCCCCC(=O)OC(CCCCCC/C=C/C/C=C/C/C=C/CC)CC(=O)NC(CO)C(O)CCCCCCCCCCCCCCCCC. The molecule has 0 aromatic heterocycles. The number of carbonyl (C=O) groups excluding carboxylic acids is 2. The Morgan fingerprint density at radius 1 is 0.469 bits per heavy atom. The van der Waals surface area contributed by atoms with Crippen LogP contribution < -0.4 is 5.32 Å². The summed E-state index contributed by atoms with van der Waals surface area (Å²) in [7, 11) is 0. The lowest BCUT2D eigenvalue weighted by Crippen LogP contribution is -2.46. The third kappa shape index (κ3) is 45.9. The molecule has 370 valence electrons. The molecule has 0 spiro atoms. The number of esters is 1. The van der Waals surface area contributed by atoms with Gasteiger partial charge in [0.1, 0.15) is 6.10 Å². The van der Waals surface area contributed by atoms with E-state index in [-0.39, 0.29) is 24.9 Å². The summed E-state index contributed by atoms with van der Waals surface area (Å²) in [6.07, 6.45) is 65.3. The zero-order valence-corrected chi connectivity index (χ0v) is 42.1.